The maximum atomic E-state index is 4.69. The second-order valence-electron chi connectivity index (χ2n) is 5.12. The lowest BCUT2D eigenvalue weighted by atomic mass is 10.2. The van der Waals surface area contributed by atoms with Gasteiger partial charge in [-0.2, -0.15) is 0 Å². The normalized spacial score (nSPS) is 10.6. The zero-order valence-electron chi connectivity index (χ0n) is 12.6. The van der Waals surface area contributed by atoms with Gasteiger partial charge in [-0.15, -0.1) is 11.8 Å². The van der Waals surface area contributed by atoms with Crippen LogP contribution in [0.5, 0.6) is 0 Å². The minimum atomic E-state index is 0.808. The third-order valence-electron chi connectivity index (χ3n) is 3.35. The average Bonchev–Trinajstić information content (AvgIpc) is 2.56. The van der Waals surface area contributed by atoms with Gasteiger partial charge in [0.1, 0.15) is 5.03 Å². The molecule has 0 saturated carbocycles. The molecule has 0 saturated heterocycles. The van der Waals surface area contributed by atoms with E-state index in [9.17, 15) is 0 Å². The smallest absolute Gasteiger partial charge is 0.160 e. The van der Waals surface area contributed by atoms with Crippen LogP contribution in [0, 0.1) is 6.92 Å². The monoisotopic (exact) mass is 306 g/mol. The fourth-order valence-corrected chi connectivity index (χ4v) is 3.20. The van der Waals surface area contributed by atoms with Gasteiger partial charge in [0.15, 0.2) is 5.82 Å². The Morgan fingerprint density at radius 1 is 0.864 bits per heavy atom. The van der Waals surface area contributed by atoms with Crippen molar-refractivity contribution in [2.24, 2.45) is 0 Å². The van der Waals surface area contributed by atoms with Gasteiger partial charge in [-0.05, 0) is 25.0 Å². The van der Waals surface area contributed by atoms with Crippen LogP contribution in [0.2, 0.25) is 0 Å². The van der Waals surface area contributed by atoms with Crippen LogP contribution in [-0.2, 0) is 6.42 Å². The lowest BCUT2D eigenvalue weighted by molar-refractivity contribution is 1.01. The van der Waals surface area contributed by atoms with E-state index in [1.54, 1.807) is 11.8 Å². The molecule has 0 spiro atoms. The van der Waals surface area contributed by atoms with Crippen molar-refractivity contribution in [3.8, 4) is 11.4 Å². The second kappa shape index (κ2) is 7.23. The van der Waals surface area contributed by atoms with Crippen LogP contribution in [0.4, 0.5) is 0 Å². The van der Waals surface area contributed by atoms with Crippen LogP contribution in [0.15, 0.2) is 71.8 Å². The second-order valence-corrected chi connectivity index (χ2v) is 6.24. The predicted octanol–water partition coefficient (Wildman–Crippen LogP) is 4.79. The summed E-state index contributed by atoms with van der Waals surface area (Å²) in [5, 5.41) is 1.04. The van der Waals surface area contributed by atoms with Gasteiger partial charge in [0.2, 0.25) is 0 Å². The molecular formula is C19H18N2S. The summed E-state index contributed by atoms with van der Waals surface area (Å²) in [6.07, 6.45) is 1.05. The van der Waals surface area contributed by atoms with Gasteiger partial charge in [-0.25, -0.2) is 9.97 Å². The number of aromatic nitrogens is 2. The van der Waals surface area contributed by atoms with Crippen molar-refractivity contribution in [1.29, 1.82) is 0 Å². The predicted molar refractivity (Wildman–Crippen MR) is 93.1 cm³/mol. The van der Waals surface area contributed by atoms with E-state index in [1.807, 2.05) is 37.3 Å². The number of nitrogens with zero attached hydrogens (tertiary/aromatic N) is 2. The molecule has 0 bridgehead atoms. The van der Waals surface area contributed by atoms with E-state index < -0.39 is 0 Å². The van der Waals surface area contributed by atoms with Gasteiger partial charge >= 0.3 is 0 Å². The van der Waals surface area contributed by atoms with Crippen molar-refractivity contribution in [2.75, 3.05) is 5.75 Å². The molecule has 3 heteroatoms. The first-order valence-electron chi connectivity index (χ1n) is 7.39. The number of thioether (sulfide) groups is 1. The maximum absolute atomic E-state index is 4.69. The summed E-state index contributed by atoms with van der Waals surface area (Å²) in [5.74, 6) is 1.83. The van der Waals surface area contributed by atoms with Crippen molar-refractivity contribution in [2.45, 2.75) is 18.4 Å². The molecule has 0 unspecified atom stereocenters. The van der Waals surface area contributed by atoms with E-state index in [1.165, 1.54) is 5.56 Å². The lowest BCUT2D eigenvalue weighted by Crippen LogP contribution is -1.95. The SMILES string of the molecule is Cc1cc(SCCc2ccccc2)nc(-c2ccccc2)n1. The summed E-state index contributed by atoms with van der Waals surface area (Å²) in [6.45, 7) is 2.02. The summed E-state index contributed by atoms with van der Waals surface area (Å²) in [6, 6.07) is 22.8. The van der Waals surface area contributed by atoms with E-state index in [-0.39, 0.29) is 0 Å². The van der Waals surface area contributed by atoms with Crippen LogP contribution >= 0.6 is 11.8 Å². The van der Waals surface area contributed by atoms with Gasteiger partial charge in [0, 0.05) is 17.0 Å². The highest BCUT2D eigenvalue weighted by Gasteiger charge is 2.05. The van der Waals surface area contributed by atoms with Crippen LogP contribution < -0.4 is 0 Å². The average molecular weight is 306 g/mol. The van der Waals surface area contributed by atoms with E-state index in [0.717, 1.165) is 34.3 Å². The summed E-state index contributed by atoms with van der Waals surface area (Å²) in [5.41, 5.74) is 3.44. The van der Waals surface area contributed by atoms with Gasteiger partial charge < -0.3 is 0 Å². The van der Waals surface area contributed by atoms with Gasteiger partial charge in [-0.1, -0.05) is 60.7 Å². The van der Waals surface area contributed by atoms with Crippen LogP contribution in [-0.4, -0.2) is 15.7 Å². The Bertz CT molecular complexity index is 727. The molecule has 0 atom stereocenters. The molecule has 3 aromatic rings. The summed E-state index contributed by atoms with van der Waals surface area (Å²) >= 11 is 1.79. The third kappa shape index (κ3) is 3.95. The molecule has 2 nitrogen and oxygen atoms in total. The fourth-order valence-electron chi connectivity index (χ4n) is 2.25. The molecular weight excluding hydrogens is 288 g/mol. The highest BCUT2D eigenvalue weighted by molar-refractivity contribution is 7.99. The van der Waals surface area contributed by atoms with Crippen LogP contribution in [0.1, 0.15) is 11.3 Å². The first kappa shape index (κ1) is 14.8. The minimum absolute atomic E-state index is 0.808. The summed E-state index contributed by atoms with van der Waals surface area (Å²) in [4.78, 5) is 9.23. The first-order valence-corrected chi connectivity index (χ1v) is 8.38. The van der Waals surface area contributed by atoms with Gasteiger partial charge in [-0.3, -0.25) is 0 Å². The molecule has 3 rings (SSSR count). The largest absolute Gasteiger partial charge is 0.233 e. The molecule has 110 valence electrons. The van der Waals surface area contributed by atoms with Crippen LogP contribution in [0.3, 0.4) is 0 Å². The summed E-state index contributed by atoms with van der Waals surface area (Å²) < 4.78 is 0. The zero-order chi connectivity index (χ0) is 15.2. The van der Waals surface area contributed by atoms with Gasteiger partial charge in [0.05, 0.1) is 0 Å². The quantitative estimate of drug-likeness (QED) is 0.501. The van der Waals surface area contributed by atoms with Crippen molar-refractivity contribution in [3.63, 3.8) is 0 Å². The molecule has 0 fully saturated rings. The van der Waals surface area contributed by atoms with Crippen molar-refractivity contribution < 1.29 is 0 Å². The number of hydrogen-bond acceptors (Lipinski definition) is 3. The van der Waals surface area contributed by atoms with E-state index in [4.69, 9.17) is 0 Å². The van der Waals surface area contributed by atoms with Crippen LogP contribution in [0.25, 0.3) is 11.4 Å². The molecule has 0 amide bonds. The fraction of sp³-hybridized carbons (Fsp3) is 0.158. The number of rotatable bonds is 5. The molecule has 0 radical (unpaired) electrons. The Kier molecular flexibility index (Phi) is 4.86. The third-order valence-corrected chi connectivity index (χ3v) is 4.26. The topological polar surface area (TPSA) is 25.8 Å². The molecule has 1 aromatic heterocycles. The number of benzene rings is 2. The minimum Gasteiger partial charge on any atom is -0.233 e. The van der Waals surface area contributed by atoms with Crippen molar-refractivity contribution >= 4 is 11.8 Å². The maximum Gasteiger partial charge on any atom is 0.160 e. The molecule has 0 aliphatic heterocycles. The van der Waals surface area contributed by atoms with Crippen molar-refractivity contribution in [3.05, 3.63) is 78.0 Å². The molecule has 0 aliphatic carbocycles. The zero-order valence-corrected chi connectivity index (χ0v) is 13.4. The molecule has 0 N–H and O–H groups in total. The number of aryl methyl sites for hydroxylation is 2. The molecule has 0 aliphatic rings. The Labute approximate surface area is 135 Å². The van der Waals surface area contributed by atoms with E-state index in [0.29, 0.717) is 0 Å². The van der Waals surface area contributed by atoms with E-state index in [2.05, 4.69) is 46.4 Å². The highest BCUT2D eigenvalue weighted by Crippen LogP contribution is 2.22. The lowest BCUT2D eigenvalue weighted by Gasteiger charge is -2.06. The number of hydrogen-bond donors (Lipinski definition) is 0. The molecule has 1 heterocycles. The van der Waals surface area contributed by atoms with Crippen molar-refractivity contribution in [1.82, 2.24) is 9.97 Å². The Balaban J connectivity index is 1.70. The highest BCUT2D eigenvalue weighted by atomic mass is 32.2. The first-order chi connectivity index (χ1) is 10.8. The summed E-state index contributed by atoms with van der Waals surface area (Å²) in [7, 11) is 0. The Morgan fingerprint density at radius 2 is 1.55 bits per heavy atom. The van der Waals surface area contributed by atoms with E-state index >= 15 is 0 Å². The molecule has 2 aromatic carbocycles. The Morgan fingerprint density at radius 3 is 2.27 bits per heavy atom. The standard InChI is InChI=1S/C19H18N2S/c1-15-14-18(22-13-12-16-8-4-2-5-9-16)21-19(20-15)17-10-6-3-7-11-17/h2-11,14H,12-13H2,1H3. The van der Waals surface area contributed by atoms with Gasteiger partial charge in [0.25, 0.3) is 0 Å². The molecule has 22 heavy (non-hydrogen) atoms. The Hall–Kier alpha value is -2.13.